The minimum absolute atomic E-state index is 0.00657. The third-order valence-electron chi connectivity index (χ3n) is 2.82. The van der Waals surface area contributed by atoms with Crippen LogP contribution < -0.4 is 10.5 Å². The summed E-state index contributed by atoms with van der Waals surface area (Å²) in [7, 11) is 0. The Bertz CT molecular complexity index is 631. The van der Waals surface area contributed by atoms with E-state index in [1.54, 1.807) is 23.9 Å². The van der Waals surface area contributed by atoms with E-state index in [1.807, 2.05) is 36.6 Å². The first-order chi connectivity index (χ1) is 9.61. The minimum atomic E-state index is 0.00657. The third kappa shape index (κ3) is 3.46. The minimum Gasteiger partial charge on any atom is -0.488 e. The third-order valence-corrected chi connectivity index (χ3v) is 3.95. The summed E-state index contributed by atoms with van der Waals surface area (Å²) in [6, 6.07) is 13.2. The van der Waals surface area contributed by atoms with Crippen LogP contribution in [0.1, 0.15) is 11.1 Å². The maximum atomic E-state index is 7.38. The zero-order chi connectivity index (χ0) is 14.5. The first kappa shape index (κ1) is 14.8. The fourth-order valence-electron chi connectivity index (χ4n) is 1.73. The molecule has 0 radical (unpaired) electrons. The Labute approximate surface area is 127 Å². The second-order valence-corrected chi connectivity index (χ2v) is 5.41. The van der Waals surface area contributed by atoms with Crippen molar-refractivity contribution in [3.8, 4) is 5.75 Å². The lowest BCUT2D eigenvalue weighted by Gasteiger charge is -2.11. The average molecular weight is 307 g/mol. The van der Waals surface area contributed by atoms with Gasteiger partial charge >= 0.3 is 0 Å². The van der Waals surface area contributed by atoms with Crippen molar-refractivity contribution in [2.24, 2.45) is 5.73 Å². The summed E-state index contributed by atoms with van der Waals surface area (Å²) in [5.41, 5.74) is 6.91. The van der Waals surface area contributed by atoms with Crippen LogP contribution in [0.4, 0.5) is 0 Å². The maximum absolute atomic E-state index is 7.38. The van der Waals surface area contributed by atoms with Gasteiger partial charge in [-0.1, -0.05) is 35.9 Å². The van der Waals surface area contributed by atoms with E-state index >= 15 is 0 Å². The fraction of sp³-hybridized carbons (Fsp3) is 0.133. The normalized spacial score (nSPS) is 10.3. The molecule has 0 spiro atoms. The lowest BCUT2D eigenvalue weighted by Crippen LogP contribution is -2.11. The molecule has 2 rings (SSSR count). The molecular formula is C15H15ClN2OS. The number of hydrogen-bond donors (Lipinski definition) is 2. The highest BCUT2D eigenvalue weighted by Crippen LogP contribution is 2.28. The number of hydrogen-bond acceptors (Lipinski definition) is 3. The van der Waals surface area contributed by atoms with Crippen molar-refractivity contribution in [1.82, 2.24) is 0 Å². The molecule has 3 N–H and O–H groups in total. The van der Waals surface area contributed by atoms with Gasteiger partial charge in [-0.05, 0) is 24.5 Å². The van der Waals surface area contributed by atoms with Crippen LogP contribution in [0.2, 0.25) is 5.02 Å². The fourth-order valence-corrected chi connectivity index (χ4v) is 2.50. The van der Waals surface area contributed by atoms with Crippen molar-refractivity contribution in [3.63, 3.8) is 0 Å². The van der Waals surface area contributed by atoms with Gasteiger partial charge < -0.3 is 10.5 Å². The number of nitrogen functional groups attached to an aromatic ring is 1. The van der Waals surface area contributed by atoms with E-state index in [0.29, 0.717) is 17.2 Å². The Hall–Kier alpha value is -1.65. The topological polar surface area (TPSA) is 59.1 Å². The zero-order valence-electron chi connectivity index (χ0n) is 11.0. The Balaban J connectivity index is 2.13. The molecule has 0 saturated heterocycles. The lowest BCUT2D eigenvalue weighted by molar-refractivity contribution is 0.299. The van der Waals surface area contributed by atoms with E-state index in [0.717, 1.165) is 16.2 Å². The molecule has 20 heavy (non-hydrogen) atoms. The lowest BCUT2D eigenvalue weighted by atomic mass is 10.1. The second-order valence-electron chi connectivity index (χ2n) is 4.16. The molecular weight excluding hydrogens is 292 g/mol. The first-order valence-electron chi connectivity index (χ1n) is 6.00. The van der Waals surface area contributed by atoms with Gasteiger partial charge in [0.2, 0.25) is 0 Å². The van der Waals surface area contributed by atoms with Crippen LogP contribution in [0.15, 0.2) is 47.4 Å². The molecule has 104 valence electrons. The summed E-state index contributed by atoms with van der Waals surface area (Å²) in [6.45, 7) is 0.384. The van der Waals surface area contributed by atoms with Gasteiger partial charge in [-0.15, -0.1) is 11.8 Å². The van der Waals surface area contributed by atoms with Gasteiger partial charge in [0.15, 0.2) is 0 Å². The van der Waals surface area contributed by atoms with E-state index in [1.165, 1.54) is 0 Å². The van der Waals surface area contributed by atoms with Crippen LogP contribution in [0, 0.1) is 5.41 Å². The number of ether oxygens (including phenoxy) is 1. The molecule has 5 heteroatoms. The molecule has 2 aromatic rings. The van der Waals surface area contributed by atoms with Crippen LogP contribution in [0.5, 0.6) is 5.75 Å². The number of benzene rings is 2. The van der Waals surface area contributed by atoms with Gasteiger partial charge in [0, 0.05) is 21.0 Å². The molecule has 0 amide bonds. The van der Waals surface area contributed by atoms with Gasteiger partial charge in [0.05, 0.1) is 0 Å². The smallest absolute Gasteiger partial charge is 0.133 e. The molecule has 2 aromatic carbocycles. The molecule has 0 aromatic heterocycles. The van der Waals surface area contributed by atoms with Crippen LogP contribution in [0.3, 0.4) is 0 Å². The second kappa shape index (κ2) is 6.68. The largest absolute Gasteiger partial charge is 0.488 e. The van der Waals surface area contributed by atoms with E-state index in [-0.39, 0.29) is 5.84 Å². The summed E-state index contributed by atoms with van der Waals surface area (Å²) in [6.07, 6.45) is 2.01. The van der Waals surface area contributed by atoms with Gasteiger partial charge in [-0.3, -0.25) is 5.41 Å². The SMILES string of the molecule is CSc1ccccc1OCc1ccc(C(=N)N)cc1Cl. The highest BCUT2D eigenvalue weighted by Gasteiger charge is 2.06. The maximum Gasteiger partial charge on any atom is 0.133 e. The first-order valence-corrected chi connectivity index (χ1v) is 7.60. The molecule has 0 aliphatic rings. The van der Waals surface area contributed by atoms with Crippen molar-refractivity contribution in [2.75, 3.05) is 6.26 Å². The number of para-hydroxylation sites is 1. The summed E-state index contributed by atoms with van der Waals surface area (Å²) < 4.78 is 5.81. The molecule has 0 heterocycles. The van der Waals surface area contributed by atoms with Crippen molar-refractivity contribution in [1.29, 1.82) is 5.41 Å². The number of halogens is 1. The van der Waals surface area contributed by atoms with Gasteiger partial charge in [0.25, 0.3) is 0 Å². The van der Waals surface area contributed by atoms with Crippen molar-refractivity contribution in [3.05, 3.63) is 58.6 Å². The molecule has 0 bridgehead atoms. The average Bonchev–Trinajstić information content (AvgIpc) is 2.46. The van der Waals surface area contributed by atoms with Gasteiger partial charge in [-0.25, -0.2) is 0 Å². The van der Waals surface area contributed by atoms with E-state index in [4.69, 9.17) is 27.5 Å². The standard InChI is InChI=1S/C15H15ClN2OS/c1-20-14-5-3-2-4-13(14)19-9-11-7-6-10(15(17)18)8-12(11)16/h2-8H,9H2,1H3,(H3,17,18). The van der Waals surface area contributed by atoms with Crippen LogP contribution in [-0.2, 0) is 6.61 Å². The predicted molar refractivity (Wildman–Crippen MR) is 85.0 cm³/mol. The molecule has 0 fully saturated rings. The van der Waals surface area contributed by atoms with Crippen LogP contribution >= 0.6 is 23.4 Å². The van der Waals surface area contributed by atoms with E-state index in [9.17, 15) is 0 Å². The van der Waals surface area contributed by atoms with E-state index < -0.39 is 0 Å². The van der Waals surface area contributed by atoms with Crippen molar-refractivity contribution in [2.45, 2.75) is 11.5 Å². The summed E-state index contributed by atoms with van der Waals surface area (Å²) in [5.74, 6) is 0.846. The number of thioether (sulfide) groups is 1. The highest BCUT2D eigenvalue weighted by molar-refractivity contribution is 7.98. The highest BCUT2D eigenvalue weighted by atomic mass is 35.5. The Kier molecular flexibility index (Phi) is 4.93. The number of nitrogens with two attached hydrogens (primary N) is 1. The van der Waals surface area contributed by atoms with Gasteiger partial charge in [0.1, 0.15) is 18.2 Å². The Morgan fingerprint density at radius 3 is 2.70 bits per heavy atom. The number of rotatable bonds is 5. The van der Waals surface area contributed by atoms with Crippen molar-refractivity contribution < 1.29 is 4.74 Å². The molecule has 0 aliphatic heterocycles. The van der Waals surface area contributed by atoms with Crippen LogP contribution in [-0.4, -0.2) is 12.1 Å². The number of amidine groups is 1. The zero-order valence-corrected chi connectivity index (χ0v) is 12.6. The summed E-state index contributed by atoms with van der Waals surface area (Å²) >= 11 is 7.81. The molecule has 0 atom stereocenters. The van der Waals surface area contributed by atoms with Crippen LogP contribution in [0.25, 0.3) is 0 Å². The molecule has 3 nitrogen and oxygen atoms in total. The molecule has 0 unspecified atom stereocenters. The molecule has 0 saturated carbocycles. The number of nitrogens with one attached hydrogen (secondary N) is 1. The molecule has 0 aliphatic carbocycles. The quantitative estimate of drug-likeness (QED) is 0.500. The summed E-state index contributed by atoms with van der Waals surface area (Å²) in [4.78, 5) is 1.09. The Morgan fingerprint density at radius 2 is 2.05 bits per heavy atom. The monoisotopic (exact) mass is 306 g/mol. The van der Waals surface area contributed by atoms with Gasteiger partial charge in [-0.2, -0.15) is 0 Å². The van der Waals surface area contributed by atoms with E-state index in [2.05, 4.69) is 0 Å². The summed E-state index contributed by atoms with van der Waals surface area (Å²) in [5, 5.41) is 7.93. The van der Waals surface area contributed by atoms with Crippen molar-refractivity contribution >= 4 is 29.2 Å². The Morgan fingerprint density at radius 1 is 1.30 bits per heavy atom. The predicted octanol–water partition coefficient (Wildman–Crippen LogP) is 3.92.